The number of nitrogens with zero attached hydrogens (tertiary/aromatic N) is 7. The summed E-state index contributed by atoms with van der Waals surface area (Å²) < 4.78 is 89.2. The topological polar surface area (TPSA) is 207 Å². The molecule has 45 heavy (non-hydrogen) atoms. The smallest absolute Gasteiger partial charge is 0.264 e. The van der Waals surface area contributed by atoms with Gasteiger partial charge in [0.2, 0.25) is 15.1 Å². The Kier molecular flexibility index (Phi) is 7.39. The largest absolute Gasteiger partial charge is 0.397 e. The number of halogens is 2. The molecular formula is C23H23B2F2N9O7P2. The lowest BCUT2D eigenvalue weighted by molar-refractivity contribution is -0.0451. The number of fused-ring (bicyclic) bond motifs is 4. The van der Waals surface area contributed by atoms with Gasteiger partial charge >= 0.3 is 0 Å². The van der Waals surface area contributed by atoms with Gasteiger partial charge in [-0.2, -0.15) is 0 Å². The van der Waals surface area contributed by atoms with Gasteiger partial charge in [0.1, 0.15) is 35.7 Å². The van der Waals surface area contributed by atoms with Crippen LogP contribution in [0.25, 0.3) is 22.3 Å². The Morgan fingerprint density at radius 1 is 0.889 bits per heavy atom. The van der Waals surface area contributed by atoms with Gasteiger partial charge in [0, 0.05) is 12.1 Å². The summed E-state index contributed by atoms with van der Waals surface area (Å²) in [5.74, 6) is -1.09. The summed E-state index contributed by atoms with van der Waals surface area (Å²) in [5.41, 5.74) is 13.2. The Morgan fingerprint density at radius 3 is 2.33 bits per heavy atom. The van der Waals surface area contributed by atoms with E-state index in [-0.39, 0.29) is 28.2 Å². The lowest BCUT2D eigenvalue weighted by atomic mass is 10.0. The molecule has 0 bridgehead atoms. The molecule has 6 heterocycles. The number of ether oxygens (including phenoxy) is 1. The molecule has 22 heteroatoms. The van der Waals surface area contributed by atoms with E-state index in [9.17, 15) is 9.13 Å². The summed E-state index contributed by atoms with van der Waals surface area (Å²) in [7, 11) is 2.65. The maximum atomic E-state index is 16.2. The summed E-state index contributed by atoms with van der Waals surface area (Å²) in [6.07, 6.45) is -5.02. The van der Waals surface area contributed by atoms with Crippen molar-refractivity contribution in [1.82, 2.24) is 34.1 Å². The third kappa shape index (κ3) is 5.18. The monoisotopic (exact) mass is 659 g/mol. The van der Waals surface area contributed by atoms with E-state index in [0.717, 1.165) is 6.33 Å². The first-order valence-corrected chi connectivity index (χ1v) is 16.6. The predicted molar refractivity (Wildman–Crippen MR) is 155 cm³/mol. The Labute approximate surface area is 255 Å². The minimum Gasteiger partial charge on any atom is -0.397 e. The SMILES string of the molecule is [B]P1(=O)OC[C@H]2O[C@@H](n3cnc4c(N)ncnc43)C(F)[C@H]2OP([B])(=O)OC[C@H]2C(=C)[C@@H](n3cnc4c(N)ccnc43)[C@@H](F)C2O1. The number of alkyl halides is 2. The van der Waals surface area contributed by atoms with Gasteiger partial charge < -0.3 is 38.9 Å². The van der Waals surface area contributed by atoms with Crippen molar-refractivity contribution in [1.29, 1.82) is 0 Å². The highest BCUT2D eigenvalue weighted by Crippen LogP contribution is 2.56. The quantitative estimate of drug-likeness (QED) is 0.180. The predicted octanol–water partition coefficient (Wildman–Crippen LogP) is 2.11. The zero-order chi connectivity index (χ0) is 31.8. The van der Waals surface area contributed by atoms with Gasteiger partial charge in [0.15, 0.2) is 35.7 Å². The van der Waals surface area contributed by atoms with Crippen LogP contribution in [0.5, 0.6) is 0 Å². The zero-order valence-corrected chi connectivity index (χ0v) is 24.9. The van der Waals surface area contributed by atoms with Crippen LogP contribution in [-0.2, 0) is 32.0 Å². The van der Waals surface area contributed by atoms with Gasteiger partial charge in [-0.05, 0) is 11.6 Å². The lowest BCUT2D eigenvalue weighted by Gasteiger charge is -2.30. The van der Waals surface area contributed by atoms with Crippen molar-refractivity contribution >= 4 is 63.9 Å². The number of nitrogen functional groups attached to an aromatic ring is 2. The molecule has 232 valence electrons. The first kappa shape index (κ1) is 30.4. The molecule has 0 spiro atoms. The molecule has 0 amide bonds. The fourth-order valence-electron chi connectivity index (χ4n) is 5.85. The molecule has 4 aromatic heterocycles. The highest BCUT2D eigenvalue weighted by atomic mass is 31.2. The molecule has 10 atom stereocenters. The van der Waals surface area contributed by atoms with Gasteiger partial charge in [0.05, 0.1) is 37.6 Å². The van der Waals surface area contributed by atoms with Gasteiger partial charge in [0.25, 0.3) is 14.9 Å². The van der Waals surface area contributed by atoms with Gasteiger partial charge in [-0.1, -0.05) is 6.58 Å². The number of hydrogen-bond acceptors (Lipinski definition) is 14. The maximum absolute atomic E-state index is 16.2. The van der Waals surface area contributed by atoms with E-state index in [2.05, 4.69) is 31.5 Å². The first-order valence-electron chi connectivity index (χ1n) is 13.4. The number of hydrogen-bond donors (Lipinski definition) is 2. The average molecular weight is 659 g/mol. The molecule has 1 aliphatic carbocycles. The third-order valence-electron chi connectivity index (χ3n) is 7.98. The molecule has 3 fully saturated rings. The van der Waals surface area contributed by atoms with E-state index in [0.29, 0.717) is 11.2 Å². The highest BCUT2D eigenvalue weighted by Gasteiger charge is 2.54. The van der Waals surface area contributed by atoms with E-state index in [1.165, 1.54) is 34.1 Å². The molecule has 16 nitrogen and oxygen atoms in total. The van der Waals surface area contributed by atoms with Crippen LogP contribution in [0, 0.1) is 5.92 Å². The minimum atomic E-state index is -4.57. The van der Waals surface area contributed by atoms with Gasteiger partial charge in [-0.15, -0.1) is 0 Å². The van der Waals surface area contributed by atoms with Crippen molar-refractivity contribution in [2.75, 3.05) is 24.7 Å². The summed E-state index contributed by atoms with van der Waals surface area (Å²) in [4.78, 5) is 20.5. The van der Waals surface area contributed by atoms with Crippen molar-refractivity contribution in [3.05, 3.63) is 43.4 Å². The second kappa shape index (κ2) is 10.9. The standard InChI is InChI=1S/C23H23B2F2N9O7P2/c1-9-10-4-39-44(24,37)43-19-12(41-23(14(19)27)36-8-34-16-20(29)31-6-32-22(16)36)5-40-45(25,38)42-18(10)13(26)17(9)35-7-33-15-11(28)2-3-30-21(15)35/h2-3,6-8,10,12-14,17-19,23H,1,4-5H2,(H2,28,30)(H2,29,31,32)/t10-,12+,13+,14?,17+,18?,19-,23+,44?,45?/m0/s1. The van der Waals surface area contributed by atoms with Crippen LogP contribution in [0.1, 0.15) is 12.3 Å². The van der Waals surface area contributed by atoms with Gasteiger partial charge in [-0.25, -0.2) is 33.7 Å². The highest BCUT2D eigenvalue weighted by molar-refractivity contribution is 7.79. The number of nitrogens with two attached hydrogens (primary N) is 2. The molecule has 3 aliphatic rings. The normalized spacial score (nSPS) is 37.7. The second-order valence-electron chi connectivity index (χ2n) is 10.7. The Balaban J connectivity index is 1.19. The van der Waals surface area contributed by atoms with Crippen molar-refractivity contribution in [2.24, 2.45) is 5.92 Å². The summed E-state index contributed by atoms with van der Waals surface area (Å²) >= 11 is 0. The molecule has 2 saturated heterocycles. The fourth-order valence-corrected chi connectivity index (χ4v) is 7.89. The Bertz CT molecular complexity index is 1910. The maximum Gasteiger partial charge on any atom is 0.264 e. The van der Waals surface area contributed by atoms with E-state index < -0.39 is 77.0 Å². The molecule has 1 saturated carbocycles. The molecule has 4 N–H and O–H groups in total. The molecular weight excluding hydrogens is 636 g/mol. The van der Waals surface area contributed by atoms with Crippen molar-refractivity contribution in [2.45, 2.75) is 42.9 Å². The number of pyridine rings is 1. The number of rotatable bonds is 2. The summed E-state index contributed by atoms with van der Waals surface area (Å²) in [5, 5.41) is 0. The molecule has 2 aliphatic heterocycles. The lowest BCUT2D eigenvalue weighted by Crippen LogP contribution is -2.36. The summed E-state index contributed by atoms with van der Waals surface area (Å²) in [6, 6.07) is 0.360. The molecule has 7 rings (SSSR count). The van der Waals surface area contributed by atoms with Crippen LogP contribution in [0.2, 0.25) is 0 Å². The van der Waals surface area contributed by atoms with Crippen LogP contribution in [-0.4, -0.2) is 93.1 Å². The first-order chi connectivity index (χ1) is 21.3. The third-order valence-corrected chi connectivity index (χ3v) is 10.1. The van der Waals surface area contributed by atoms with Crippen LogP contribution >= 0.6 is 14.9 Å². The number of imidazole rings is 2. The van der Waals surface area contributed by atoms with E-state index in [1.54, 1.807) is 0 Å². The Hall–Kier alpha value is -3.24. The van der Waals surface area contributed by atoms with Crippen molar-refractivity contribution in [3.63, 3.8) is 0 Å². The van der Waals surface area contributed by atoms with Crippen LogP contribution in [0.15, 0.2) is 43.4 Å². The van der Waals surface area contributed by atoms with E-state index in [4.69, 9.17) is 49.4 Å². The minimum absolute atomic E-state index is 0.0430. The van der Waals surface area contributed by atoms with Crippen molar-refractivity contribution in [3.8, 4) is 0 Å². The van der Waals surface area contributed by atoms with Crippen molar-refractivity contribution < 1.29 is 40.7 Å². The number of aromatic nitrogens is 7. The number of anilines is 2. The molecule has 4 radical (unpaired) electrons. The molecule has 0 aromatic carbocycles. The molecule has 4 aromatic rings. The Morgan fingerprint density at radius 2 is 1.56 bits per heavy atom. The zero-order valence-electron chi connectivity index (χ0n) is 23.1. The second-order valence-corrected chi connectivity index (χ2v) is 13.8. The van der Waals surface area contributed by atoms with Crippen LogP contribution in [0.3, 0.4) is 0 Å². The summed E-state index contributed by atoms with van der Waals surface area (Å²) in [6.45, 7) is 2.69. The average Bonchev–Trinajstić information content (AvgIpc) is 3.72. The van der Waals surface area contributed by atoms with E-state index in [1.807, 2.05) is 0 Å². The van der Waals surface area contributed by atoms with Crippen LogP contribution < -0.4 is 11.5 Å². The molecule has 4 unspecified atom stereocenters. The van der Waals surface area contributed by atoms with Crippen LogP contribution in [0.4, 0.5) is 20.3 Å². The fraction of sp³-hybridized carbons (Fsp3) is 0.435. The van der Waals surface area contributed by atoms with Gasteiger partial charge in [-0.3, -0.25) is 13.7 Å². The van der Waals surface area contributed by atoms with E-state index >= 15 is 8.78 Å².